The van der Waals surface area contributed by atoms with Crippen molar-refractivity contribution < 1.29 is 9.84 Å². The van der Waals surface area contributed by atoms with Gasteiger partial charge in [-0.05, 0) is 56.9 Å². The number of phenolic OH excluding ortho intramolecular Hbond substituents is 1. The van der Waals surface area contributed by atoms with Crippen molar-refractivity contribution >= 4 is 32.3 Å². The van der Waals surface area contributed by atoms with Crippen molar-refractivity contribution in [1.82, 2.24) is 0 Å². The molecule has 0 amide bonds. The minimum Gasteiger partial charge on any atom is -0.507 e. The summed E-state index contributed by atoms with van der Waals surface area (Å²) in [5, 5.41) is 17.9. The minimum absolute atomic E-state index is 0.374. The smallest absolute Gasteiger partial charge is 0.126 e. The van der Waals surface area contributed by atoms with E-state index in [0.29, 0.717) is 12.2 Å². The molecule has 0 fully saturated rings. The standard InChI is InChI=1S/C24H18O2/c1-26-20-7-2-4-15(13-20)12-19-14-18-9-8-16-5-3-6-17-10-11-21(24(19)25)23(18)22(16)17/h2-11,13-14,25H,12H2,1H3. The number of phenols is 1. The molecule has 0 aromatic heterocycles. The van der Waals surface area contributed by atoms with Crippen molar-refractivity contribution in [2.75, 3.05) is 7.11 Å². The summed E-state index contributed by atoms with van der Waals surface area (Å²) in [6, 6.07) is 24.9. The molecule has 5 aromatic carbocycles. The van der Waals surface area contributed by atoms with Crippen LogP contribution in [0.25, 0.3) is 32.3 Å². The number of methoxy groups -OCH3 is 1. The minimum atomic E-state index is 0.374. The number of hydrogen-bond donors (Lipinski definition) is 1. The lowest BCUT2D eigenvalue weighted by molar-refractivity contribution is 0.414. The van der Waals surface area contributed by atoms with Gasteiger partial charge in [0.2, 0.25) is 0 Å². The number of aromatic hydroxyl groups is 1. The van der Waals surface area contributed by atoms with E-state index in [1.165, 1.54) is 21.5 Å². The van der Waals surface area contributed by atoms with Crippen molar-refractivity contribution in [2.24, 2.45) is 0 Å². The average molecular weight is 338 g/mol. The Hall–Kier alpha value is -3.26. The van der Waals surface area contributed by atoms with Gasteiger partial charge in [-0.2, -0.15) is 0 Å². The molecule has 26 heavy (non-hydrogen) atoms. The van der Waals surface area contributed by atoms with E-state index in [0.717, 1.165) is 27.6 Å². The molecule has 0 bridgehead atoms. The Bertz CT molecular complexity index is 1240. The molecule has 0 saturated carbocycles. The van der Waals surface area contributed by atoms with Crippen LogP contribution in [-0.2, 0) is 6.42 Å². The number of ether oxygens (including phenoxy) is 1. The van der Waals surface area contributed by atoms with Crippen LogP contribution in [0, 0.1) is 0 Å². The molecular formula is C24H18O2. The topological polar surface area (TPSA) is 29.5 Å². The summed E-state index contributed by atoms with van der Waals surface area (Å²) in [4.78, 5) is 0. The van der Waals surface area contributed by atoms with E-state index in [-0.39, 0.29) is 0 Å². The second-order valence-electron chi connectivity index (χ2n) is 6.77. The van der Waals surface area contributed by atoms with Crippen LogP contribution in [-0.4, -0.2) is 12.2 Å². The van der Waals surface area contributed by atoms with Crippen molar-refractivity contribution in [3.63, 3.8) is 0 Å². The van der Waals surface area contributed by atoms with E-state index in [4.69, 9.17) is 4.74 Å². The molecule has 0 atom stereocenters. The fourth-order valence-corrected chi connectivity index (χ4v) is 3.99. The lowest BCUT2D eigenvalue weighted by atomic mass is 9.91. The van der Waals surface area contributed by atoms with Gasteiger partial charge >= 0.3 is 0 Å². The molecule has 0 radical (unpaired) electrons. The first-order valence-electron chi connectivity index (χ1n) is 8.76. The quantitative estimate of drug-likeness (QED) is 0.416. The van der Waals surface area contributed by atoms with Gasteiger partial charge in [0.25, 0.3) is 0 Å². The lowest BCUT2D eigenvalue weighted by Crippen LogP contribution is -1.93. The van der Waals surface area contributed by atoms with Crippen LogP contribution in [0.2, 0.25) is 0 Å². The Morgan fingerprint density at radius 2 is 1.50 bits per heavy atom. The molecule has 2 heteroatoms. The molecule has 0 aliphatic rings. The highest BCUT2D eigenvalue weighted by molar-refractivity contribution is 6.24. The normalized spacial score (nSPS) is 11.6. The van der Waals surface area contributed by atoms with Crippen LogP contribution < -0.4 is 4.74 Å². The van der Waals surface area contributed by atoms with Gasteiger partial charge in [0.05, 0.1) is 7.11 Å². The largest absolute Gasteiger partial charge is 0.507 e. The van der Waals surface area contributed by atoms with Crippen LogP contribution in [0.4, 0.5) is 0 Å². The summed E-state index contributed by atoms with van der Waals surface area (Å²) in [6.45, 7) is 0. The summed E-state index contributed by atoms with van der Waals surface area (Å²) in [5.74, 6) is 1.21. The van der Waals surface area contributed by atoms with Crippen molar-refractivity contribution in [2.45, 2.75) is 6.42 Å². The molecule has 0 saturated heterocycles. The second-order valence-corrected chi connectivity index (χ2v) is 6.77. The predicted molar refractivity (Wildman–Crippen MR) is 108 cm³/mol. The zero-order valence-electron chi connectivity index (χ0n) is 14.5. The van der Waals surface area contributed by atoms with E-state index < -0.39 is 0 Å². The zero-order valence-corrected chi connectivity index (χ0v) is 14.5. The van der Waals surface area contributed by atoms with Gasteiger partial charge in [0.15, 0.2) is 0 Å². The first kappa shape index (κ1) is 15.0. The molecule has 0 heterocycles. The third kappa shape index (κ3) is 2.19. The van der Waals surface area contributed by atoms with Crippen LogP contribution in [0.15, 0.2) is 72.8 Å². The summed E-state index contributed by atoms with van der Waals surface area (Å²) < 4.78 is 5.32. The Labute approximate surface area is 151 Å². The third-order valence-corrected chi connectivity index (χ3v) is 5.23. The molecule has 5 rings (SSSR count). The van der Waals surface area contributed by atoms with E-state index in [1.807, 2.05) is 24.3 Å². The maximum atomic E-state index is 11.0. The van der Waals surface area contributed by atoms with E-state index in [2.05, 4.69) is 48.5 Å². The van der Waals surface area contributed by atoms with Gasteiger partial charge in [-0.25, -0.2) is 0 Å². The molecule has 1 N–H and O–H groups in total. The predicted octanol–water partition coefficient (Wildman–Crippen LogP) is 5.89. The van der Waals surface area contributed by atoms with Crippen molar-refractivity contribution in [3.05, 3.63) is 83.9 Å². The fourth-order valence-electron chi connectivity index (χ4n) is 3.99. The molecule has 0 unspecified atom stereocenters. The maximum absolute atomic E-state index is 11.0. The second kappa shape index (κ2) is 5.63. The number of hydrogen-bond acceptors (Lipinski definition) is 2. The monoisotopic (exact) mass is 338 g/mol. The van der Waals surface area contributed by atoms with Gasteiger partial charge < -0.3 is 9.84 Å². The van der Waals surface area contributed by atoms with Crippen molar-refractivity contribution in [3.8, 4) is 11.5 Å². The molecule has 2 nitrogen and oxygen atoms in total. The van der Waals surface area contributed by atoms with Gasteiger partial charge in [0.1, 0.15) is 11.5 Å². The molecule has 0 spiro atoms. The van der Waals surface area contributed by atoms with Gasteiger partial charge in [0, 0.05) is 17.2 Å². The Morgan fingerprint density at radius 3 is 2.31 bits per heavy atom. The Morgan fingerprint density at radius 1 is 0.769 bits per heavy atom. The maximum Gasteiger partial charge on any atom is 0.126 e. The molecule has 5 aromatic rings. The van der Waals surface area contributed by atoms with Crippen molar-refractivity contribution in [1.29, 1.82) is 0 Å². The molecule has 0 aliphatic heterocycles. The number of rotatable bonds is 3. The Balaban J connectivity index is 1.75. The average Bonchev–Trinajstić information content (AvgIpc) is 2.69. The van der Waals surface area contributed by atoms with Crippen LogP contribution in [0.5, 0.6) is 11.5 Å². The highest BCUT2D eigenvalue weighted by atomic mass is 16.5. The first-order valence-corrected chi connectivity index (χ1v) is 8.76. The summed E-state index contributed by atoms with van der Waals surface area (Å²) >= 11 is 0. The summed E-state index contributed by atoms with van der Waals surface area (Å²) in [5.41, 5.74) is 2.05. The first-order chi connectivity index (χ1) is 12.7. The molecular weight excluding hydrogens is 320 g/mol. The highest BCUT2D eigenvalue weighted by Gasteiger charge is 2.14. The van der Waals surface area contributed by atoms with Crippen LogP contribution in [0.3, 0.4) is 0 Å². The van der Waals surface area contributed by atoms with E-state index in [1.54, 1.807) is 7.11 Å². The molecule has 126 valence electrons. The van der Waals surface area contributed by atoms with Gasteiger partial charge in [-0.1, -0.05) is 48.5 Å². The summed E-state index contributed by atoms with van der Waals surface area (Å²) in [6.07, 6.45) is 0.666. The number of benzene rings is 5. The lowest BCUT2D eigenvalue weighted by Gasteiger charge is -2.15. The zero-order chi connectivity index (χ0) is 17.7. The van der Waals surface area contributed by atoms with Crippen LogP contribution in [0.1, 0.15) is 11.1 Å². The van der Waals surface area contributed by atoms with Crippen LogP contribution >= 0.6 is 0 Å². The van der Waals surface area contributed by atoms with E-state index in [9.17, 15) is 5.11 Å². The van der Waals surface area contributed by atoms with E-state index >= 15 is 0 Å². The third-order valence-electron chi connectivity index (χ3n) is 5.23. The van der Waals surface area contributed by atoms with Gasteiger partial charge in [-0.3, -0.25) is 0 Å². The molecule has 0 aliphatic carbocycles. The summed E-state index contributed by atoms with van der Waals surface area (Å²) in [7, 11) is 1.67. The fraction of sp³-hybridized carbons (Fsp3) is 0.0833. The SMILES string of the molecule is COc1cccc(Cc2cc3ccc4cccc5ccc(c2O)c3c45)c1. The Kier molecular flexibility index (Phi) is 3.26. The highest BCUT2D eigenvalue weighted by Crippen LogP contribution is 2.40. The van der Waals surface area contributed by atoms with Gasteiger partial charge in [-0.15, -0.1) is 0 Å².